The van der Waals surface area contributed by atoms with Crippen LogP contribution < -0.4 is 10.0 Å². The number of rotatable bonds is 3. The van der Waals surface area contributed by atoms with Gasteiger partial charge in [-0.25, -0.2) is 17.9 Å². The molecular formula is C16H31N3O3S. The number of urea groups is 1. The number of likely N-dealkylation sites (tertiary alicyclic amines) is 1. The lowest BCUT2D eigenvalue weighted by Gasteiger charge is -2.35. The summed E-state index contributed by atoms with van der Waals surface area (Å²) in [6.07, 6.45) is 7.16. The van der Waals surface area contributed by atoms with Gasteiger partial charge in [0.1, 0.15) is 0 Å². The molecule has 2 rings (SSSR count). The lowest BCUT2D eigenvalue weighted by atomic mass is 9.95. The number of piperidine rings is 1. The number of nitrogens with zero attached hydrogens (tertiary/aromatic N) is 1. The summed E-state index contributed by atoms with van der Waals surface area (Å²) in [4.78, 5) is 14.1. The largest absolute Gasteiger partial charge is 0.335 e. The predicted molar refractivity (Wildman–Crippen MR) is 91.8 cm³/mol. The van der Waals surface area contributed by atoms with Crippen LogP contribution in [-0.4, -0.2) is 49.3 Å². The highest BCUT2D eigenvalue weighted by molar-refractivity contribution is 7.90. The summed E-state index contributed by atoms with van der Waals surface area (Å²) in [5.74, 6) is 0. The van der Waals surface area contributed by atoms with Crippen molar-refractivity contribution < 1.29 is 13.2 Å². The van der Waals surface area contributed by atoms with Gasteiger partial charge in [0.2, 0.25) is 10.0 Å². The number of sulfonamides is 1. The van der Waals surface area contributed by atoms with Gasteiger partial charge in [-0.2, -0.15) is 0 Å². The zero-order chi connectivity index (χ0) is 17.1. The molecule has 2 amide bonds. The van der Waals surface area contributed by atoms with Crippen LogP contribution in [-0.2, 0) is 10.0 Å². The SMILES string of the molecule is CC(C)(C)S(=O)(=O)NC1CCN(C(=O)NC2CCCCC2)CC1. The van der Waals surface area contributed by atoms with Gasteiger partial charge in [-0.1, -0.05) is 19.3 Å². The maximum Gasteiger partial charge on any atom is 0.317 e. The van der Waals surface area contributed by atoms with Crippen LogP contribution in [0, 0.1) is 0 Å². The van der Waals surface area contributed by atoms with E-state index in [-0.39, 0.29) is 12.1 Å². The van der Waals surface area contributed by atoms with Crippen LogP contribution in [0.25, 0.3) is 0 Å². The molecule has 0 bridgehead atoms. The third-order valence-corrected chi connectivity index (χ3v) is 7.10. The molecule has 0 aromatic carbocycles. The fourth-order valence-corrected chi connectivity index (χ4v) is 4.14. The average Bonchev–Trinajstić information content (AvgIpc) is 2.47. The first kappa shape index (κ1) is 18.5. The normalized spacial score (nSPS) is 22.1. The van der Waals surface area contributed by atoms with Gasteiger partial charge < -0.3 is 10.2 Å². The van der Waals surface area contributed by atoms with E-state index in [2.05, 4.69) is 10.0 Å². The van der Waals surface area contributed by atoms with Crippen LogP contribution in [0.15, 0.2) is 0 Å². The van der Waals surface area contributed by atoms with Crippen molar-refractivity contribution in [2.24, 2.45) is 0 Å². The monoisotopic (exact) mass is 345 g/mol. The Hall–Kier alpha value is -0.820. The van der Waals surface area contributed by atoms with Gasteiger partial charge in [0.25, 0.3) is 0 Å². The molecule has 0 spiro atoms. The lowest BCUT2D eigenvalue weighted by molar-refractivity contribution is 0.173. The van der Waals surface area contributed by atoms with Crippen molar-refractivity contribution in [1.29, 1.82) is 0 Å². The molecule has 2 N–H and O–H groups in total. The van der Waals surface area contributed by atoms with Crippen LogP contribution in [0.1, 0.15) is 65.7 Å². The second kappa shape index (κ2) is 7.38. The van der Waals surface area contributed by atoms with Crippen molar-refractivity contribution in [3.05, 3.63) is 0 Å². The maximum atomic E-state index is 12.3. The Morgan fingerprint density at radius 1 is 0.957 bits per heavy atom. The van der Waals surface area contributed by atoms with Crippen molar-refractivity contribution in [3.63, 3.8) is 0 Å². The molecule has 1 aliphatic carbocycles. The molecule has 1 saturated heterocycles. The van der Waals surface area contributed by atoms with E-state index in [0.29, 0.717) is 32.0 Å². The zero-order valence-corrected chi connectivity index (χ0v) is 15.4. The molecule has 0 atom stereocenters. The number of hydrogen-bond acceptors (Lipinski definition) is 3. The first-order chi connectivity index (χ1) is 10.7. The van der Waals surface area contributed by atoms with Crippen LogP contribution >= 0.6 is 0 Å². The van der Waals surface area contributed by atoms with Crippen molar-refractivity contribution >= 4 is 16.1 Å². The fraction of sp³-hybridized carbons (Fsp3) is 0.938. The summed E-state index contributed by atoms with van der Waals surface area (Å²) in [7, 11) is -3.33. The summed E-state index contributed by atoms with van der Waals surface area (Å²) in [6, 6.07) is 0.250. The number of carbonyl (C=O) groups excluding carboxylic acids is 1. The maximum absolute atomic E-state index is 12.3. The Morgan fingerprint density at radius 3 is 2.04 bits per heavy atom. The van der Waals surface area contributed by atoms with Gasteiger partial charge in [0, 0.05) is 25.2 Å². The minimum atomic E-state index is -3.33. The standard InChI is InChI=1S/C16H31N3O3S/c1-16(2,3)23(21,22)18-14-9-11-19(12-10-14)15(20)17-13-7-5-4-6-8-13/h13-14,18H,4-12H2,1-3H3,(H,17,20). The van der Waals surface area contributed by atoms with E-state index in [1.54, 1.807) is 20.8 Å². The Balaban J connectivity index is 1.78. The molecule has 0 unspecified atom stereocenters. The number of hydrogen-bond donors (Lipinski definition) is 2. The molecule has 0 aromatic rings. The first-order valence-electron chi connectivity index (χ1n) is 8.76. The molecule has 0 aromatic heterocycles. The summed E-state index contributed by atoms with van der Waals surface area (Å²) in [5.41, 5.74) is 0. The first-order valence-corrected chi connectivity index (χ1v) is 10.2. The molecule has 0 radical (unpaired) electrons. The Morgan fingerprint density at radius 2 is 1.52 bits per heavy atom. The van der Waals surface area contributed by atoms with E-state index in [1.807, 2.05) is 4.90 Å². The second-order valence-corrected chi connectivity index (χ2v) is 10.2. The van der Waals surface area contributed by atoms with Gasteiger partial charge in [0.05, 0.1) is 4.75 Å². The molecule has 23 heavy (non-hydrogen) atoms. The van der Waals surface area contributed by atoms with E-state index in [1.165, 1.54) is 19.3 Å². The van der Waals surface area contributed by atoms with E-state index < -0.39 is 14.8 Å². The second-order valence-electron chi connectivity index (χ2n) is 7.78. The number of nitrogens with one attached hydrogen (secondary N) is 2. The van der Waals surface area contributed by atoms with Crippen LogP contribution in [0.3, 0.4) is 0 Å². The molecule has 2 aliphatic rings. The van der Waals surface area contributed by atoms with Gasteiger partial charge in [-0.15, -0.1) is 0 Å². The summed E-state index contributed by atoms with van der Waals surface area (Å²) < 4.78 is 26.4. The van der Waals surface area contributed by atoms with E-state index in [4.69, 9.17) is 0 Å². The molecule has 1 aliphatic heterocycles. The van der Waals surface area contributed by atoms with Gasteiger partial charge >= 0.3 is 6.03 Å². The topological polar surface area (TPSA) is 78.5 Å². The van der Waals surface area contributed by atoms with Gasteiger partial charge in [-0.05, 0) is 46.5 Å². The molecule has 2 fully saturated rings. The highest BCUT2D eigenvalue weighted by Crippen LogP contribution is 2.20. The summed E-state index contributed by atoms with van der Waals surface area (Å²) in [5, 5.41) is 3.12. The Bertz CT molecular complexity index is 499. The molecule has 1 heterocycles. The summed E-state index contributed by atoms with van der Waals surface area (Å²) in [6.45, 7) is 6.30. The van der Waals surface area contributed by atoms with Crippen LogP contribution in [0.5, 0.6) is 0 Å². The minimum absolute atomic E-state index is 0.00836. The molecular weight excluding hydrogens is 314 g/mol. The molecule has 7 heteroatoms. The van der Waals surface area contributed by atoms with E-state index in [9.17, 15) is 13.2 Å². The molecule has 1 saturated carbocycles. The predicted octanol–water partition coefficient (Wildman–Crippen LogP) is 2.21. The molecule has 134 valence electrons. The van der Waals surface area contributed by atoms with E-state index >= 15 is 0 Å². The average molecular weight is 346 g/mol. The third-order valence-electron chi connectivity index (χ3n) is 4.84. The number of amides is 2. The van der Waals surface area contributed by atoms with Crippen molar-refractivity contribution in [2.75, 3.05) is 13.1 Å². The van der Waals surface area contributed by atoms with Crippen molar-refractivity contribution in [1.82, 2.24) is 14.9 Å². The highest BCUT2D eigenvalue weighted by Gasteiger charge is 2.33. The Kier molecular flexibility index (Phi) is 5.94. The quantitative estimate of drug-likeness (QED) is 0.823. The smallest absolute Gasteiger partial charge is 0.317 e. The van der Waals surface area contributed by atoms with Crippen LogP contribution in [0.4, 0.5) is 4.79 Å². The zero-order valence-electron chi connectivity index (χ0n) is 14.6. The minimum Gasteiger partial charge on any atom is -0.335 e. The van der Waals surface area contributed by atoms with Gasteiger partial charge in [-0.3, -0.25) is 0 Å². The van der Waals surface area contributed by atoms with Gasteiger partial charge in [0.15, 0.2) is 0 Å². The van der Waals surface area contributed by atoms with Crippen molar-refractivity contribution in [3.8, 4) is 0 Å². The van der Waals surface area contributed by atoms with Crippen molar-refractivity contribution in [2.45, 2.75) is 82.5 Å². The van der Waals surface area contributed by atoms with E-state index in [0.717, 1.165) is 12.8 Å². The van der Waals surface area contributed by atoms with Crippen LogP contribution in [0.2, 0.25) is 0 Å². The number of carbonyl (C=O) groups is 1. The lowest BCUT2D eigenvalue weighted by Crippen LogP contribution is -2.53. The Labute approximate surface area is 140 Å². The fourth-order valence-electron chi connectivity index (χ4n) is 3.11. The third kappa shape index (κ3) is 5.08. The summed E-state index contributed by atoms with van der Waals surface area (Å²) >= 11 is 0. The highest BCUT2D eigenvalue weighted by atomic mass is 32.2. The molecule has 6 nitrogen and oxygen atoms in total.